The van der Waals surface area contributed by atoms with Crippen molar-refractivity contribution in [2.75, 3.05) is 4.90 Å². The van der Waals surface area contributed by atoms with E-state index in [0.29, 0.717) is 0 Å². The Morgan fingerprint density at radius 2 is 1.19 bits per heavy atom. The highest BCUT2D eigenvalue weighted by Gasteiger charge is 2.17. The summed E-state index contributed by atoms with van der Waals surface area (Å²) in [7, 11) is 0. The van der Waals surface area contributed by atoms with Gasteiger partial charge in [-0.05, 0) is 42.8 Å². The molecular formula is C19H17NO. The summed E-state index contributed by atoms with van der Waals surface area (Å²) >= 11 is 0. The molecule has 0 saturated heterocycles. The van der Waals surface area contributed by atoms with Crippen LogP contribution < -0.4 is 4.90 Å². The van der Waals surface area contributed by atoms with Gasteiger partial charge in [-0.25, -0.2) is 0 Å². The molecule has 0 spiro atoms. The Morgan fingerprint density at radius 1 is 0.667 bits per heavy atom. The van der Waals surface area contributed by atoms with Gasteiger partial charge in [0.25, 0.3) is 0 Å². The fourth-order valence-electron chi connectivity index (χ4n) is 2.50. The molecule has 3 aromatic carbocycles. The molecule has 0 bridgehead atoms. The Kier molecular flexibility index (Phi) is 3.61. The van der Waals surface area contributed by atoms with Crippen molar-refractivity contribution in [1.82, 2.24) is 0 Å². The van der Waals surface area contributed by atoms with Crippen molar-refractivity contribution >= 4 is 17.1 Å². The van der Waals surface area contributed by atoms with E-state index in [4.69, 9.17) is 0 Å². The van der Waals surface area contributed by atoms with Gasteiger partial charge in [0.15, 0.2) is 0 Å². The Labute approximate surface area is 124 Å². The number of hydrogen-bond acceptors (Lipinski definition) is 2. The fraction of sp³-hybridized carbons (Fsp3) is 0.0526. The number of phenols is 1. The van der Waals surface area contributed by atoms with Gasteiger partial charge in [-0.3, -0.25) is 0 Å². The van der Waals surface area contributed by atoms with E-state index in [-0.39, 0.29) is 5.75 Å². The summed E-state index contributed by atoms with van der Waals surface area (Å²) in [6.45, 7) is 2.01. The molecule has 0 amide bonds. The van der Waals surface area contributed by atoms with Crippen molar-refractivity contribution < 1.29 is 5.11 Å². The summed E-state index contributed by atoms with van der Waals surface area (Å²) in [5.74, 6) is 0.280. The van der Waals surface area contributed by atoms with Gasteiger partial charge >= 0.3 is 0 Å². The zero-order valence-corrected chi connectivity index (χ0v) is 11.9. The topological polar surface area (TPSA) is 23.5 Å². The number of benzene rings is 3. The number of para-hydroxylation sites is 3. The van der Waals surface area contributed by atoms with Crippen molar-refractivity contribution in [2.24, 2.45) is 0 Å². The van der Waals surface area contributed by atoms with E-state index in [1.807, 2.05) is 79.7 Å². The van der Waals surface area contributed by atoms with E-state index in [1.54, 1.807) is 6.07 Å². The lowest BCUT2D eigenvalue weighted by molar-refractivity contribution is 0.476. The van der Waals surface area contributed by atoms with Gasteiger partial charge in [-0.1, -0.05) is 48.5 Å². The molecule has 3 aromatic rings. The molecule has 104 valence electrons. The first-order chi connectivity index (χ1) is 10.3. The molecule has 0 radical (unpaired) electrons. The van der Waals surface area contributed by atoms with Crippen LogP contribution in [0, 0.1) is 6.92 Å². The Bertz CT molecular complexity index is 663. The molecule has 0 unspecified atom stereocenters. The fourth-order valence-corrected chi connectivity index (χ4v) is 2.50. The van der Waals surface area contributed by atoms with E-state index in [0.717, 1.165) is 22.6 Å². The van der Waals surface area contributed by atoms with Crippen molar-refractivity contribution in [1.29, 1.82) is 0 Å². The molecule has 0 aliphatic rings. The Hall–Kier alpha value is -2.74. The van der Waals surface area contributed by atoms with Gasteiger partial charge < -0.3 is 10.0 Å². The van der Waals surface area contributed by atoms with Crippen molar-refractivity contribution in [3.05, 3.63) is 84.4 Å². The number of nitrogens with zero attached hydrogens (tertiary/aromatic N) is 1. The maximum Gasteiger partial charge on any atom is 0.139 e. The minimum Gasteiger partial charge on any atom is -0.506 e. The highest BCUT2D eigenvalue weighted by Crippen LogP contribution is 2.41. The van der Waals surface area contributed by atoms with Crippen LogP contribution in [0.4, 0.5) is 17.1 Å². The zero-order valence-electron chi connectivity index (χ0n) is 11.9. The zero-order chi connectivity index (χ0) is 14.7. The summed E-state index contributed by atoms with van der Waals surface area (Å²) in [6, 6.07) is 25.7. The molecule has 21 heavy (non-hydrogen) atoms. The van der Waals surface area contributed by atoms with E-state index in [2.05, 4.69) is 4.90 Å². The van der Waals surface area contributed by atoms with E-state index in [1.165, 1.54) is 0 Å². The van der Waals surface area contributed by atoms with Gasteiger partial charge in [0, 0.05) is 11.4 Å². The Balaban J connectivity index is 2.23. The molecule has 0 saturated carbocycles. The highest BCUT2D eigenvalue weighted by molar-refractivity contribution is 5.81. The van der Waals surface area contributed by atoms with Crippen molar-refractivity contribution in [3.8, 4) is 5.75 Å². The van der Waals surface area contributed by atoms with Crippen molar-refractivity contribution in [3.63, 3.8) is 0 Å². The van der Waals surface area contributed by atoms with Crippen LogP contribution in [0.25, 0.3) is 0 Å². The van der Waals surface area contributed by atoms with E-state index in [9.17, 15) is 5.11 Å². The average molecular weight is 275 g/mol. The van der Waals surface area contributed by atoms with Gasteiger partial charge in [0.05, 0.1) is 5.69 Å². The second-order valence-electron chi connectivity index (χ2n) is 4.95. The second-order valence-corrected chi connectivity index (χ2v) is 4.95. The standard InChI is InChI=1S/C19H17NO/c1-15-9-8-14-18(21)19(15)20(16-10-4-2-5-11-16)17-12-6-3-7-13-17/h2-14,21H,1H3. The second kappa shape index (κ2) is 5.71. The van der Waals surface area contributed by atoms with Crippen LogP contribution >= 0.6 is 0 Å². The SMILES string of the molecule is Cc1cccc(O)c1N(c1ccccc1)c1ccccc1. The van der Waals surface area contributed by atoms with Gasteiger partial charge in [0.1, 0.15) is 5.75 Å². The quantitative estimate of drug-likeness (QED) is 0.712. The van der Waals surface area contributed by atoms with Crippen molar-refractivity contribution in [2.45, 2.75) is 6.92 Å². The lowest BCUT2D eigenvalue weighted by atomic mass is 10.1. The maximum absolute atomic E-state index is 10.3. The summed E-state index contributed by atoms with van der Waals surface area (Å²) in [5.41, 5.74) is 3.89. The third kappa shape index (κ3) is 2.61. The van der Waals surface area contributed by atoms with Crippen LogP contribution in [0.5, 0.6) is 5.75 Å². The largest absolute Gasteiger partial charge is 0.506 e. The summed E-state index contributed by atoms with van der Waals surface area (Å²) in [5, 5.41) is 10.3. The van der Waals surface area contributed by atoms with Crippen LogP contribution in [0.3, 0.4) is 0 Å². The van der Waals surface area contributed by atoms with Gasteiger partial charge in [0.2, 0.25) is 0 Å². The van der Waals surface area contributed by atoms with Gasteiger partial charge in [-0.2, -0.15) is 0 Å². The molecule has 0 fully saturated rings. The lowest BCUT2D eigenvalue weighted by Gasteiger charge is -2.27. The maximum atomic E-state index is 10.3. The molecule has 0 heterocycles. The smallest absolute Gasteiger partial charge is 0.139 e. The van der Waals surface area contributed by atoms with E-state index >= 15 is 0 Å². The first-order valence-electron chi connectivity index (χ1n) is 6.96. The predicted molar refractivity (Wildman–Crippen MR) is 87.5 cm³/mol. The minimum atomic E-state index is 0.280. The monoisotopic (exact) mass is 275 g/mol. The van der Waals surface area contributed by atoms with Crippen LogP contribution in [-0.4, -0.2) is 5.11 Å². The highest BCUT2D eigenvalue weighted by atomic mass is 16.3. The molecule has 2 nitrogen and oxygen atoms in total. The number of aryl methyl sites for hydroxylation is 1. The molecule has 0 aliphatic carbocycles. The van der Waals surface area contributed by atoms with E-state index < -0.39 is 0 Å². The number of rotatable bonds is 3. The number of anilines is 3. The molecular weight excluding hydrogens is 258 g/mol. The van der Waals surface area contributed by atoms with Crippen LogP contribution in [-0.2, 0) is 0 Å². The van der Waals surface area contributed by atoms with Crippen LogP contribution in [0.15, 0.2) is 78.9 Å². The molecule has 2 heteroatoms. The normalized spacial score (nSPS) is 10.3. The number of hydrogen-bond donors (Lipinski definition) is 1. The summed E-state index contributed by atoms with van der Waals surface area (Å²) in [4.78, 5) is 2.07. The minimum absolute atomic E-state index is 0.280. The molecule has 0 aromatic heterocycles. The number of aromatic hydroxyl groups is 1. The van der Waals surface area contributed by atoms with Crippen LogP contribution in [0.1, 0.15) is 5.56 Å². The molecule has 3 rings (SSSR count). The Morgan fingerprint density at radius 3 is 1.67 bits per heavy atom. The summed E-state index contributed by atoms with van der Waals surface area (Å²) in [6.07, 6.45) is 0. The number of phenolic OH excluding ortho intramolecular Hbond substituents is 1. The molecule has 1 N–H and O–H groups in total. The van der Waals surface area contributed by atoms with Gasteiger partial charge in [-0.15, -0.1) is 0 Å². The third-order valence-electron chi connectivity index (χ3n) is 3.47. The first kappa shape index (κ1) is 13.3. The lowest BCUT2D eigenvalue weighted by Crippen LogP contribution is -2.11. The molecule has 0 aliphatic heterocycles. The summed E-state index contributed by atoms with van der Waals surface area (Å²) < 4.78 is 0. The first-order valence-corrected chi connectivity index (χ1v) is 6.96. The third-order valence-corrected chi connectivity index (χ3v) is 3.47. The van der Waals surface area contributed by atoms with Crippen LogP contribution in [0.2, 0.25) is 0 Å². The molecule has 0 atom stereocenters. The predicted octanol–water partition coefficient (Wildman–Crippen LogP) is 5.17. The average Bonchev–Trinajstić information content (AvgIpc) is 2.53.